The molecule has 0 saturated heterocycles. The van der Waals surface area contributed by atoms with Crippen molar-refractivity contribution in [1.29, 1.82) is 0 Å². The number of carbonyl (C=O) groups is 1. The summed E-state index contributed by atoms with van der Waals surface area (Å²) >= 11 is 0. The molecule has 250 valence electrons. The van der Waals surface area contributed by atoms with Crippen molar-refractivity contribution < 1.29 is 45.7 Å². The highest BCUT2D eigenvalue weighted by Crippen LogP contribution is 2.40. The van der Waals surface area contributed by atoms with Crippen molar-refractivity contribution in [3.8, 4) is 5.88 Å². The molecule has 3 heterocycles. The molecule has 2 aromatic heterocycles. The number of anilines is 2. The van der Waals surface area contributed by atoms with Gasteiger partial charge in [0.1, 0.15) is 0 Å². The van der Waals surface area contributed by atoms with E-state index in [-0.39, 0.29) is 73.2 Å². The van der Waals surface area contributed by atoms with E-state index in [0.717, 1.165) is 0 Å². The second-order valence-corrected chi connectivity index (χ2v) is 10.6. The summed E-state index contributed by atoms with van der Waals surface area (Å²) in [7, 11) is 1.41. The Morgan fingerprint density at radius 1 is 1.09 bits per heavy atom. The van der Waals surface area contributed by atoms with Gasteiger partial charge in [-0.05, 0) is 62.4 Å². The summed E-state index contributed by atoms with van der Waals surface area (Å²) in [6, 6.07) is 3.37. The quantitative estimate of drug-likeness (QED) is 0.226. The highest BCUT2D eigenvalue weighted by Gasteiger charge is 2.39. The van der Waals surface area contributed by atoms with E-state index in [1.54, 1.807) is 19.1 Å². The van der Waals surface area contributed by atoms with Gasteiger partial charge in [-0.15, -0.1) is 0 Å². The van der Waals surface area contributed by atoms with E-state index in [1.165, 1.54) is 12.0 Å². The number of amides is 1. The molecule has 1 amide bonds. The van der Waals surface area contributed by atoms with Crippen LogP contribution in [0.2, 0.25) is 0 Å². The predicted molar refractivity (Wildman–Crippen MR) is 155 cm³/mol. The summed E-state index contributed by atoms with van der Waals surface area (Å²) < 4.78 is 91.8. The standard InChI is InChI=1S/C30H33F6N5O5/c1-4-19-15-22(25-23(8-9-24(39-25)45-3)41(19)28(44)46-5-2)38-27-37-21(20(7-6-10-42)26(43)40-27)13-16-11-17(29(31,32)33)14-18(12-16)30(34,35)36/h8-9,11-12,14,19,22,42H,4-7,10,13,15H2,1-3H3,(H2,37,38,40,43)/t19-,22+/m1/s1. The monoisotopic (exact) mass is 657 g/mol. The smallest absolute Gasteiger partial charge is 0.416 e. The maximum atomic E-state index is 13.5. The van der Waals surface area contributed by atoms with E-state index in [9.17, 15) is 41.0 Å². The van der Waals surface area contributed by atoms with Crippen LogP contribution in [0.4, 0.5) is 42.8 Å². The third-order valence-electron chi connectivity index (χ3n) is 7.50. The highest BCUT2D eigenvalue weighted by atomic mass is 19.4. The summed E-state index contributed by atoms with van der Waals surface area (Å²) in [5.74, 6) is 0.117. The molecule has 3 aromatic rings. The molecule has 0 bridgehead atoms. The van der Waals surface area contributed by atoms with E-state index < -0.39 is 47.6 Å². The van der Waals surface area contributed by atoms with Gasteiger partial charge >= 0.3 is 18.4 Å². The summed E-state index contributed by atoms with van der Waals surface area (Å²) in [5.41, 5.74) is -3.31. The van der Waals surface area contributed by atoms with Crippen molar-refractivity contribution in [1.82, 2.24) is 15.0 Å². The van der Waals surface area contributed by atoms with Crippen LogP contribution in [-0.4, -0.2) is 52.5 Å². The molecule has 0 fully saturated rings. The maximum absolute atomic E-state index is 13.5. The predicted octanol–water partition coefficient (Wildman–Crippen LogP) is 6.03. The number of carbonyl (C=O) groups excluding carboxylic acids is 1. The molecule has 1 aromatic carbocycles. The van der Waals surface area contributed by atoms with Gasteiger partial charge in [-0.1, -0.05) is 6.92 Å². The van der Waals surface area contributed by atoms with Crippen LogP contribution in [0, 0.1) is 0 Å². The van der Waals surface area contributed by atoms with Crippen LogP contribution in [0.5, 0.6) is 5.88 Å². The lowest BCUT2D eigenvalue weighted by Gasteiger charge is -2.39. The molecule has 16 heteroatoms. The molecule has 2 atom stereocenters. The molecular formula is C30H33F6N5O5. The summed E-state index contributed by atoms with van der Waals surface area (Å²) in [5, 5.41) is 12.4. The van der Waals surface area contributed by atoms with Gasteiger partial charge in [-0.2, -0.15) is 26.3 Å². The average Bonchev–Trinajstić information content (AvgIpc) is 2.99. The minimum Gasteiger partial charge on any atom is -0.481 e. The molecule has 0 radical (unpaired) electrons. The van der Waals surface area contributed by atoms with E-state index in [4.69, 9.17) is 9.47 Å². The van der Waals surface area contributed by atoms with Gasteiger partial charge < -0.3 is 19.9 Å². The number of methoxy groups -OCH3 is 1. The number of hydrogen-bond donors (Lipinski definition) is 3. The van der Waals surface area contributed by atoms with Crippen LogP contribution in [0.25, 0.3) is 0 Å². The lowest BCUT2D eigenvalue weighted by molar-refractivity contribution is -0.143. The van der Waals surface area contributed by atoms with Crippen LogP contribution in [0.1, 0.15) is 72.8 Å². The topological polar surface area (TPSA) is 130 Å². The first-order chi connectivity index (χ1) is 21.7. The molecule has 46 heavy (non-hydrogen) atoms. The zero-order chi connectivity index (χ0) is 33.8. The molecule has 1 aliphatic rings. The van der Waals surface area contributed by atoms with Crippen molar-refractivity contribution in [2.75, 3.05) is 30.5 Å². The van der Waals surface area contributed by atoms with Gasteiger partial charge in [0, 0.05) is 30.7 Å². The first-order valence-corrected chi connectivity index (χ1v) is 14.5. The summed E-state index contributed by atoms with van der Waals surface area (Å²) in [6.07, 6.45) is -10.4. The average molecular weight is 658 g/mol. The zero-order valence-corrected chi connectivity index (χ0v) is 25.2. The molecular weight excluding hydrogens is 624 g/mol. The number of fused-ring (bicyclic) bond motifs is 1. The fourth-order valence-electron chi connectivity index (χ4n) is 5.38. The SMILES string of the molecule is CCOC(=O)N1c2ccc(OC)nc2[C@@H](Nc2nc(Cc3cc(C(F)(F)F)cc(C(F)(F)F)c3)c(CCCO)c(=O)[nH]2)C[C@H]1CC. The van der Waals surface area contributed by atoms with Crippen molar-refractivity contribution in [2.24, 2.45) is 0 Å². The van der Waals surface area contributed by atoms with Gasteiger partial charge in [0.15, 0.2) is 0 Å². The second kappa shape index (κ2) is 14.0. The Hall–Kier alpha value is -4.34. The van der Waals surface area contributed by atoms with Crippen molar-refractivity contribution >= 4 is 17.7 Å². The lowest BCUT2D eigenvalue weighted by atomic mass is 9.93. The minimum absolute atomic E-state index is 0.00864. The van der Waals surface area contributed by atoms with E-state index >= 15 is 0 Å². The van der Waals surface area contributed by atoms with Gasteiger partial charge in [0.05, 0.1) is 48.0 Å². The number of pyridine rings is 1. The van der Waals surface area contributed by atoms with Crippen molar-refractivity contribution in [3.05, 3.63) is 74.3 Å². The number of nitrogens with zero attached hydrogens (tertiary/aromatic N) is 3. The van der Waals surface area contributed by atoms with Crippen LogP contribution < -0.4 is 20.5 Å². The Morgan fingerprint density at radius 2 is 1.76 bits per heavy atom. The number of halogens is 6. The number of aliphatic hydroxyl groups is 1. The zero-order valence-electron chi connectivity index (χ0n) is 25.2. The Balaban J connectivity index is 1.79. The molecule has 0 unspecified atom stereocenters. The van der Waals surface area contributed by atoms with Crippen LogP contribution >= 0.6 is 0 Å². The van der Waals surface area contributed by atoms with Gasteiger partial charge in [-0.3, -0.25) is 14.7 Å². The van der Waals surface area contributed by atoms with Gasteiger partial charge in [-0.25, -0.2) is 14.8 Å². The normalized spacial score (nSPS) is 16.6. The first-order valence-electron chi connectivity index (χ1n) is 14.5. The van der Waals surface area contributed by atoms with Crippen LogP contribution in [0.15, 0.2) is 35.1 Å². The number of aliphatic hydroxyl groups excluding tert-OH is 1. The molecule has 0 saturated carbocycles. The molecule has 10 nitrogen and oxygen atoms in total. The van der Waals surface area contributed by atoms with Gasteiger partial charge in [0.2, 0.25) is 11.8 Å². The third kappa shape index (κ3) is 7.71. The van der Waals surface area contributed by atoms with Crippen LogP contribution in [0.3, 0.4) is 0 Å². The minimum atomic E-state index is -5.06. The fourth-order valence-corrected chi connectivity index (χ4v) is 5.38. The third-order valence-corrected chi connectivity index (χ3v) is 7.50. The number of ether oxygens (including phenoxy) is 2. The Labute approximate surface area is 259 Å². The lowest BCUT2D eigenvalue weighted by Crippen LogP contribution is -2.46. The summed E-state index contributed by atoms with van der Waals surface area (Å²) in [4.78, 5) is 39.2. The molecule has 4 rings (SSSR count). The highest BCUT2D eigenvalue weighted by molar-refractivity contribution is 5.90. The number of alkyl halides is 6. The Bertz CT molecular complexity index is 1580. The Kier molecular flexibility index (Phi) is 10.5. The number of H-pyrrole nitrogens is 1. The van der Waals surface area contributed by atoms with E-state index in [0.29, 0.717) is 29.9 Å². The number of aromatic nitrogens is 3. The number of aromatic amines is 1. The second-order valence-electron chi connectivity index (χ2n) is 10.6. The fraction of sp³-hybridized carbons (Fsp3) is 0.467. The Morgan fingerprint density at radius 3 is 2.33 bits per heavy atom. The first kappa shape index (κ1) is 34.5. The van der Waals surface area contributed by atoms with E-state index in [1.807, 2.05) is 6.92 Å². The number of rotatable bonds is 10. The molecule has 0 spiro atoms. The maximum Gasteiger partial charge on any atom is 0.416 e. The van der Waals surface area contributed by atoms with Crippen LogP contribution in [-0.2, 0) is 29.9 Å². The van der Waals surface area contributed by atoms with Crippen molar-refractivity contribution in [3.63, 3.8) is 0 Å². The molecule has 0 aliphatic carbocycles. The van der Waals surface area contributed by atoms with Gasteiger partial charge in [0.25, 0.3) is 5.56 Å². The number of nitrogens with one attached hydrogen (secondary N) is 2. The number of benzene rings is 1. The molecule has 3 N–H and O–H groups in total. The van der Waals surface area contributed by atoms with E-state index in [2.05, 4.69) is 20.3 Å². The van der Waals surface area contributed by atoms with Crippen molar-refractivity contribution in [2.45, 2.75) is 70.4 Å². The molecule has 1 aliphatic heterocycles. The largest absolute Gasteiger partial charge is 0.481 e. The number of hydrogen-bond acceptors (Lipinski definition) is 8. The summed E-state index contributed by atoms with van der Waals surface area (Å²) in [6.45, 7) is 3.36.